The van der Waals surface area contributed by atoms with E-state index in [-0.39, 0.29) is 19.4 Å². The lowest BCUT2D eigenvalue weighted by molar-refractivity contribution is -0.0816. The van der Waals surface area contributed by atoms with Gasteiger partial charge in [-0.05, 0) is 48.7 Å². The van der Waals surface area contributed by atoms with E-state index in [9.17, 15) is 9.18 Å². The number of fused-ring (bicyclic) bond motifs is 1. The molecule has 0 aliphatic carbocycles. The second-order valence-electron chi connectivity index (χ2n) is 9.84. The number of thioether (sulfide) groups is 1. The van der Waals surface area contributed by atoms with E-state index in [2.05, 4.69) is 23.1 Å². The fraction of sp³-hybridized carbons (Fsp3) is 0.323. The minimum absolute atomic E-state index is 0.142. The van der Waals surface area contributed by atoms with Crippen molar-refractivity contribution in [2.75, 3.05) is 32.4 Å². The number of nitrogens with zero attached hydrogens (tertiary/aromatic N) is 3. The molecule has 5 rings (SSSR count). The summed E-state index contributed by atoms with van der Waals surface area (Å²) in [4.78, 5) is 21.9. The maximum atomic E-state index is 14.8. The predicted molar refractivity (Wildman–Crippen MR) is 156 cm³/mol. The molecule has 2 aliphatic rings. The van der Waals surface area contributed by atoms with Gasteiger partial charge in [-0.25, -0.2) is 14.4 Å². The first-order chi connectivity index (χ1) is 19.9. The average Bonchev–Trinajstić information content (AvgIpc) is 3.40. The normalized spacial score (nSPS) is 15.4. The molecule has 214 valence electrons. The second-order valence-corrected chi connectivity index (χ2v) is 10.9. The third-order valence-corrected chi connectivity index (χ3v) is 7.61. The third-order valence-electron chi connectivity index (χ3n) is 6.73. The van der Waals surface area contributed by atoms with Crippen molar-refractivity contribution in [2.45, 2.75) is 31.1 Å². The van der Waals surface area contributed by atoms with E-state index in [1.165, 1.54) is 22.4 Å². The number of hydrogen-bond acceptors (Lipinski definition) is 8. The van der Waals surface area contributed by atoms with Crippen LogP contribution in [0, 0.1) is 18.7 Å². The van der Waals surface area contributed by atoms with Crippen LogP contribution in [0.1, 0.15) is 17.7 Å². The molecule has 1 aromatic carbocycles. The molecule has 1 atom stereocenters. The largest absolute Gasteiger partial charge is 0.454 e. The molecule has 2 aromatic heterocycles. The number of halogens is 1. The number of allylic oxidation sites excluding steroid dienone is 2. The number of pyridine rings is 1. The average molecular weight is 578 g/mol. The van der Waals surface area contributed by atoms with E-state index in [4.69, 9.17) is 18.9 Å². The van der Waals surface area contributed by atoms with Crippen molar-refractivity contribution in [3.8, 4) is 22.8 Å². The lowest BCUT2D eigenvalue weighted by Crippen LogP contribution is -2.33. The molecule has 8 nitrogen and oxygen atoms in total. The highest BCUT2D eigenvalue weighted by Gasteiger charge is 2.22. The Labute approximate surface area is 242 Å². The van der Waals surface area contributed by atoms with E-state index in [1.54, 1.807) is 36.5 Å². The van der Waals surface area contributed by atoms with Crippen molar-refractivity contribution in [2.24, 2.45) is 5.92 Å². The van der Waals surface area contributed by atoms with Crippen molar-refractivity contribution < 1.29 is 23.3 Å². The fourth-order valence-electron chi connectivity index (χ4n) is 4.53. The quantitative estimate of drug-likeness (QED) is 0.153. The minimum Gasteiger partial charge on any atom is -0.454 e. The molecular weight excluding hydrogens is 545 g/mol. The molecule has 2 aliphatic heterocycles. The minimum atomic E-state index is -0.850. The second kappa shape index (κ2) is 13.3. The summed E-state index contributed by atoms with van der Waals surface area (Å²) in [6.07, 6.45) is 7.63. The third kappa shape index (κ3) is 7.13. The monoisotopic (exact) mass is 577 g/mol. The van der Waals surface area contributed by atoms with Crippen LogP contribution in [-0.2, 0) is 16.0 Å². The zero-order chi connectivity index (χ0) is 28.8. The zero-order valence-electron chi connectivity index (χ0n) is 22.9. The van der Waals surface area contributed by atoms with Gasteiger partial charge in [-0.15, -0.1) is 0 Å². The molecule has 0 saturated carbocycles. The highest BCUT2D eigenvalue weighted by atomic mass is 32.2. The van der Waals surface area contributed by atoms with Crippen LogP contribution in [0.5, 0.6) is 11.5 Å². The summed E-state index contributed by atoms with van der Waals surface area (Å²) in [5, 5.41) is 0.563. The summed E-state index contributed by atoms with van der Waals surface area (Å²) in [5.74, 6) is 1.50. The molecule has 1 fully saturated rings. The first kappa shape index (κ1) is 28.8. The Morgan fingerprint density at radius 3 is 2.80 bits per heavy atom. The van der Waals surface area contributed by atoms with Crippen molar-refractivity contribution in [3.05, 3.63) is 101 Å². The van der Waals surface area contributed by atoms with Crippen LogP contribution in [0.3, 0.4) is 0 Å². The number of hydrogen-bond donors (Lipinski definition) is 0. The topological polar surface area (TPSA) is 84.7 Å². The Balaban J connectivity index is 1.31. The van der Waals surface area contributed by atoms with Crippen LogP contribution < -0.4 is 15.0 Å². The molecule has 3 aromatic rings. The van der Waals surface area contributed by atoms with E-state index < -0.39 is 11.4 Å². The van der Waals surface area contributed by atoms with Crippen molar-refractivity contribution in [1.29, 1.82) is 0 Å². The van der Waals surface area contributed by atoms with Gasteiger partial charge in [0.1, 0.15) is 0 Å². The molecule has 10 heteroatoms. The summed E-state index contributed by atoms with van der Waals surface area (Å²) in [6, 6.07) is 8.40. The lowest BCUT2D eigenvalue weighted by atomic mass is 10.1. The fourth-order valence-corrected chi connectivity index (χ4v) is 5.41. The molecule has 0 radical (unpaired) electrons. The highest BCUT2D eigenvalue weighted by Crippen LogP contribution is 2.33. The van der Waals surface area contributed by atoms with Crippen molar-refractivity contribution >= 4 is 11.8 Å². The number of rotatable bonds is 13. The molecule has 0 spiro atoms. The molecule has 0 N–H and O–H groups in total. The SMILES string of the molecule is C=C/C=C(\C=C)C(CCSc1nc(C)cc(-c2cc(F)c(=O)n(Cc3ccc4c(c3)OCO4)c2)n1)OCC1COC1. The Hall–Kier alpha value is -3.73. The van der Waals surface area contributed by atoms with E-state index in [1.807, 2.05) is 19.1 Å². The van der Waals surface area contributed by atoms with Crippen LogP contribution in [0.15, 0.2) is 83.4 Å². The van der Waals surface area contributed by atoms with Gasteiger partial charge in [0.25, 0.3) is 5.56 Å². The van der Waals surface area contributed by atoms with E-state index >= 15 is 0 Å². The molecule has 1 unspecified atom stereocenters. The van der Waals surface area contributed by atoms with E-state index in [0.29, 0.717) is 52.6 Å². The number of aryl methyl sites for hydroxylation is 1. The molecular formula is C31H32FN3O5S. The number of benzene rings is 1. The van der Waals surface area contributed by atoms with Gasteiger partial charge in [-0.2, -0.15) is 0 Å². The van der Waals surface area contributed by atoms with Gasteiger partial charge >= 0.3 is 0 Å². The van der Waals surface area contributed by atoms with Gasteiger partial charge in [0, 0.05) is 29.1 Å². The molecule has 1 saturated heterocycles. The van der Waals surface area contributed by atoms with Gasteiger partial charge in [-0.3, -0.25) is 4.79 Å². The highest BCUT2D eigenvalue weighted by molar-refractivity contribution is 7.99. The van der Waals surface area contributed by atoms with Crippen molar-refractivity contribution in [1.82, 2.24) is 14.5 Å². The first-order valence-corrected chi connectivity index (χ1v) is 14.3. The number of aromatic nitrogens is 3. The van der Waals surface area contributed by atoms with Gasteiger partial charge in [-0.1, -0.05) is 49.2 Å². The summed E-state index contributed by atoms with van der Waals surface area (Å²) >= 11 is 1.49. The Kier molecular flexibility index (Phi) is 9.33. The molecule has 4 heterocycles. The smallest absolute Gasteiger partial charge is 0.286 e. The maximum absolute atomic E-state index is 14.8. The molecule has 0 amide bonds. The van der Waals surface area contributed by atoms with E-state index in [0.717, 1.165) is 30.0 Å². The van der Waals surface area contributed by atoms with Gasteiger partial charge in [0.05, 0.1) is 38.2 Å². The van der Waals surface area contributed by atoms with Gasteiger partial charge in [0.2, 0.25) is 6.79 Å². The van der Waals surface area contributed by atoms with Crippen LogP contribution in [-0.4, -0.2) is 53.0 Å². The maximum Gasteiger partial charge on any atom is 0.286 e. The summed E-state index contributed by atoms with van der Waals surface area (Å²) in [7, 11) is 0. The van der Waals surface area contributed by atoms with Gasteiger partial charge in [0.15, 0.2) is 22.5 Å². The number of ether oxygens (including phenoxy) is 4. The zero-order valence-corrected chi connectivity index (χ0v) is 23.7. The van der Waals surface area contributed by atoms with Crippen LogP contribution >= 0.6 is 11.8 Å². The first-order valence-electron chi connectivity index (χ1n) is 13.3. The van der Waals surface area contributed by atoms with Crippen LogP contribution in [0.4, 0.5) is 4.39 Å². The summed E-state index contributed by atoms with van der Waals surface area (Å²) in [5.41, 5.74) is 2.80. The van der Waals surface area contributed by atoms with Crippen LogP contribution in [0.25, 0.3) is 11.3 Å². The summed E-state index contributed by atoms with van der Waals surface area (Å²) < 4.78 is 38.4. The van der Waals surface area contributed by atoms with Gasteiger partial charge < -0.3 is 23.5 Å². The van der Waals surface area contributed by atoms with Crippen molar-refractivity contribution in [3.63, 3.8) is 0 Å². The molecule has 0 bridgehead atoms. The predicted octanol–water partition coefficient (Wildman–Crippen LogP) is 5.34. The lowest BCUT2D eigenvalue weighted by Gasteiger charge is -2.28. The standard InChI is InChI=1S/C31H32FN3O5S/c1-4-6-23(5-2)27(38-18-22-16-37-17-22)9-10-41-31-33-20(3)11-26(34-31)24-13-25(32)30(36)35(15-24)14-21-7-8-28-29(12-21)40-19-39-28/h4-8,11-13,15,22,27H,1-2,9-10,14,16-19H2,3H3/b23-6+. The Morgan fingerprint density at radius 1 is 1.22 bits per heavy atom. The Bertz CT molecular complexity index is 1520. The Morgan fingerprint density at radius 2 is 2.05 bits per heavy atom. The van der Waals surface area contributed by atoms with Crippen LogP contribution in [0.2, 0.25) is 0 Å². The molecule has 41 heavy (non-hydrogen) atoms. The summed E-state index contributed by atoms with van der Waals surface area (Å²) in [6.45, 7) is 12.0.